The first-order chi connectivity index (χ1) is 26.8. The second-order valence-electron chi connectivity index (χ2n) is 14.2. The van der Waals surface area contributed by atoms with Crippen molar-refractivity contribution in [3.63, 3.8) is 0 Å². The number of aliphatic hydroxyl groups is 1. The van der Waals surface area contributed by atoms with Gasteiger partial charge in [-0.1, -0.05) is 75.0 Å². The molecule has 0 bridgehead atoms. The molecule has 291 valence electrons. The molecule has 56 heavy (non-hydrogen) atoms. The molecule has 1 N–H and O–H groups in total. The second kappa shape index (κ2) is 20.3. The number of aryl methyl sites for hydroxylation is 3. The average molecular weight is 922 g/mol. The monoisotopic (exact) mass is 922 g/mol. The fraction of sp³-hybridized carbons (Fsp3) is 0.306. The van der Waals surface area contributed by atoms with E-state index in [1.807, 2.05) is 89.5 Å². The Morgan fingerprint density at radius 2 is 1.48 bits per heavy atom. The molecule has 0 aliphatic heterocycles. The van der Waals surface area contributed by atoms with E-state index in [-0.39, 0.29) is 43.5 Å². The molecule has 4 aromatic heterocycles. The van der Waals surface area contributed by atoms with Crippen LogP contribution in [0.15, 0.2) is 114 Å². The van der Waals surface area contributed by atoms with E-state index in [0.29, 0.717) is 5.71 Å². The average Bonchev–Trinajstić information content (AvgIpc) is 3.59. The van der Waals surface area contributed by atoms with E-state index in [4.69, 9.17) is 9.40 Å². The first kappa shape index (κ1) is 42.2. The third-order valence-electron chi connectivity index (χ3n) is 10.6. The number of furan rings is 1. The summed E-state index contributed by atoms with van der Waals surface area (Å²) in [7, 11) is 0. The van der Waals surface area contributed by atoms with Crippen LogP contribution in [0, 0.1) is 30.9 Å². The van der Waals surface area contributed by atoms with Crippen molar-refractivity contribution in [2.24, 2.45) is 11.8 Å². The van der Waals surface area contributed by atoms with Gasteiger partial charge in [0.05, 0.1) is 11.3 Å². The molecule has 7 aromatic rings. The number of carbonyl (C=O) groups is 1. The third kappa shape index (κ3) is 9.87. The molecule has 7 rings (SSSR count). The third-order valence-corrected chi connectivity index (χ3v) is 10.6. The van der Waals surface area contributed by atoms with Crippen molar-refractivity contribution in [3.8, 4) is 22.5 Å². The number of carbonyl (C=O) groups excluding carboxylic acids is 1. The number of ketones is 1. The van der Waals surface area contributed by atoms with Crippen molar-refractivity contribution in [1.82, 2.24) is 15.0 Å². The molecule has 0 aliphatic rings. The van der Waals surface area contributed by atoms with Crippen LogP contribution >= 0.6 is 0 Å². The van der Waals surface area contributed by atoms with E-state index in [9.17, 15) is 9.90 Å². The van der Waals surface area contributed by atoms with Gasteiger partial charge in [0.15, 0.2) is 5.78 Å². The van der Waals surface area contributed by atoms with Gasteiger partial charge in [-0.15, -0.1) is 54.1 Å². The summed E-state index contributed by atoms with van der Waals surface area (Å²) in [5.41, 5.74) is 8.65. The van der Waals surface area contributed by atoms with Crippen molar-refractivity contribution in [2.75, 3.05) is 0 Å². The molecule has 1 radical (unpaired) electrons. The summed E-state index contributed by atoms with van der Waals surface area (Å²) in [4.78, 5) is 25.9. The van der Waals surface area contributed by atoms with Crippen LogP contribution in [0.1, 0.15) is 83.0 Å². The summed E-state index contributed by atoms with van der Waals surface area (Å²) >= 11 is 0. The van der Waals surface area contributed by atoms with Crippen molar-refractivity contribution < 1.29 is 34.4 Å². The standard InChI is InChI=1S/C36H27N3O.C13H24O2.Ir/c1-24-18-20-31-30-16-9-17-32(35(30)40-36(31)39-24)34-29-15-8-7-14-28(29)27(23-38-34)13-6-5-10-25-19-21-33(37-22-25)26-11-3-2-4-12-26;1-5-10(6-2)12(14)9-13(15)11(7-3)8-4;/h2-4,7-9,11,14-16,18-23H,5-6,10,13H2,1H3;9-11,14H,5-8H2,1-4H3;/q-2;;/b;12-9-;. The SMILES string of the molecule is CCC(CC)C(=O)/C=C(\O)C(CC)CC.Cc1ccc2c(n1)oc1c(-c3ncc(CCCCc4ccc(-c5[c-]cccc5)nc4)c4ccccc34)[c-]ccc12.[Ir]. The molecule has 4 heterocycles. The number of fused-ring (bicyclic) bond motifs is 4. The molecule has 3 aromatic carbocycles. The summed E-state index contributed by atoms with van der Waals surface area (Å²) in [6, 6.07) is 35.5. The maximum atomic E-state index is 11.7. The summed E-state index contributed by atoms with van der Waals surface area (Å²) in [5.74, 6) is 0.547. The molecule has 6 nitrogen and oxygen atoms in total. The van der Waals surface area contributed by atoms with E-state index in [0.717, 1.165) is 101 Å². The Balaban J connectivity index is 0.000000322. The predicted molar refractivity (Wildman–Crippen MR) is 225 cm³/mol. The zero-order valence-corrected chi connectivity index (χ0v) is 35.5. The number of pyridine rings is 3. The first-order valence-corrected chi connectivity index (χ1v) is 19.8. The number of unbranched alkanes of at least 4 members (excludes halogenated alkanes) is 1. The molecular weight excluding hydrogens is 871 g/mol. The maximum Gasteiger partial charge on any atom is 0.216 e. The Hall–Kier alpha value is -4.97. The minimum absolute atomic E-state index is 0. The molecule has 0 saturated heterocycles. The Morgan fingerprint density at radius 3 is 2.18 bits per heavy atom. The van der Waals surface area contributed by atoms with Crippen LogP contribution in [0.25, 0.3) is 55.4 Å². The zero-order chi connectivity index (χ0) is 38.7. The molecule has 0 spiro atoms. The number of benzene rings is 3. The van der Waals surface area contributed by atoms with Crippen LogP contribution in [-0.4, -0.2) is 25.8 Å². The minimum Gasteiger partial charge on any atom is -0.512 e. The van der Waals surface area contributed by atoms with Gasteiger partial charge in [-0.3, -0.25) is 4.79 Å². The van der Waals surface area contributed by atoms with Crippen molar-refractivity contribution in [3.05, 3.63) is 138 Å². The number of hydrogen-bond acceptors (Lipinski definition) is 6. The molecule has 7 heteroatoms. The number of aromatic nitrogens is 3. The van der Waals surface area contributed by atoms with Gasteiger partial charge in [-0.05, 0) is 104 Å². The van der Waals surface area contributed by atoms with Crippen molar-refractivity contribution in [1.29, 1.82) is 0 Å². The van der Waals surface area contributed by atoms with Gasteiger partial charge >= 0.3 is 0 Å². The van der Waals surface area contributed by atoms with E-state index in [2.05, 4.69) is 64.6 Å². The van der Waals surface area contributed by atoms with Crippen LogP contribution in [0.4, 0.5) is 0 Å². The van der Waals surface area contributed by atoms with Gasteiger partial charge in [0.2, 0.25) is 5.71 Å². The fourth-order valence-corrected chi connectivity index (χ4v) is 7.25. The smallest absolute Gasteiger partial charge is 0.216 e. The van der Waals surface area contributed by atoms with Crippen LogP contribution < -0.4 is 0 Å². The van der Waals surface area contributed by atoms with Crippen LogP contribution in [0.5, 0.6) is 0 Å². The molecule has 0 unspecified atom stereocenters. The summed E-state index contributed by atoms with van der Waals surface area (Å²) in [5, 5.41) is 14.2. The van der Waals surface area contributed by atoms with Crippen LogP contribution in [-0.2, 0) is 37.7 Å². The van der Waals surface area contributed by atoms with Gasteiger partial charge in [-0.2, -0.15) is 0 Å². The van der Waals surface area contributed by atoms with Gasteiger partial charge in [0.25, 0.3) is 0 Å². The van der Waals surface area contributed by atoms with Gasteiger partial charge < -0.3 is 19.5 Å². The topological polar surface area (TPSA) is 89.1 Å². The number of hydrogen-bond donors (Lipinski definition) is 1. The normalized spacial score (nSPS) is 11.6. The van der Waals surface area contributed by atoms with Crippen LogP contribution in [0.3, 0.4) is 0 Å². The van der Waals surface area contributed by atoms with Gasteiger partial charge in [0, 0.05) is 61.5 Å². The van der Waals surface area contributed by atoms with Crippen molar-refractivity contribution in [2.45, 2.75) is 86.0 Å². The Kier molecular flexibility index (Phi) is 15.3. The minimum atomic E-state index is 0. The quantitative estimate of drug-likeness (QED) is 0.0506. The Labute approximate surface area is 344 Å². The molecule has 0 saturated carbocycles. The number of aliphatic hydroxyl groups excluding tert-OH is 1. The first-order valence-electron chi connectivity index (χ1n) is 19.8. The number of allylic oxidation sites excluding steroid dienone is 2. The zero-order valence-electron chi connectivity index (χ0n) is 33.1. The van der Waals surface area contributed by atoms with E-state index >= 15 is 0 Å². The molecule has 0 atom stereocenters. The van der Waals surface area contributed by atoms with E-state index in [1.54, 1.807) is 0 Å². The van der Waals surface area contributed by atoms with Gasteiger partial charge in [-0.25, -0.2) is 4.98 Å². The maximum absolute atomic E-state index is 11.7. The summed E-state index contributed by atoms with van der Waals surface area (Å²) in [6.45, 7) is 10.0. The number of nitrogens with zero attached hydrogens (tertiary/aromatic N) is 3. The fourth-order valence-electron chi connectivity index (χ4n) is 7.25. The largest absolute Gasteiger partial charge is 0.512 e. The molecule has 0 aliphatic carbocycles. The Morgan fingerprint density at radius 1 is 0.750 bits per heavy atom. The van der Waals surface area contributed by atoms with E-state index < -0.39 is 0 Å². The number of rotatable bonds is 14. The van der Waals surface area contributed by atoms with Crippen LogP contribution in [0.2, 0.25) is 0 Å². The molecule has 0 amide bonds. The second-order valence-corrected chi connectivity index (χ2v) is 14.2. The Bertz CT molecular complexity index is 2380. The molecular formula is C49H51IrN3O3-2. The van der Waals surface area contributed by atoms with E-state index in [1.165, 1.54) is 22.6 Å². The van der Waals surface area contributed by atoms with Crippen molar-refractivity contribution >= 4 is 38.6 Å². The summed E-state index contributed by atoms with van der Waals surface area (Å²) < 4.78 is 6.26. The molecule has 0 fully saturated rings. The van der Waals surface area contributed by atoms with Gasteiger partial charge in [0.1, 0.15) is 0 Å². The summed E-state index contributed by atoms with van der Waals surface area (Å²) in [6.07, 6.45) is 13.1. The predicted octanol–water partition coefficient (Wildman–Crippen LogP) is 12.6.